The summed E-state index contributed by atoms with van der Waals surface area (Å²) in [5, 5.41) is 3.06. The van der Waals surface area contributed by atoms with Crippen molar-refractivity contribution >= 4 is 32.9 Å². The Morgan fingerprint density at radius 3 is 2.34 bits per heavy atom. The second kappa shape index (κ2) is 10.5. The second-order valence-electron chi connectivity index (χ2n) is 7.32. The smallest absolute Gasteiger partial charge is 0.257 e. The number of hydrogen-bond acceptors (Lipinski definition) is 5. The SMILES string of the molecule is CCCN(CCC)S(=O)(=O)c1ccc(C(=O)NC2=NC(c3ccc(F)c(F)c3)CS2)cc1. The van der Waals surface area contributed by atoms with Gasteiger partial charge in [0.25, 0.3) is 5.91 Å². The molecule has 0 spiro atoms. The van der Waals surface area contributed by atoms with Crippen LogP contribution in [-0.4, -0.2) is 42.6 Å². The first-order chi connectivity index (χ1) is 15.3. The molecule has 1 aliphatic heterocycles. The molecule has 32 heavy (non-hydrogen) atoms. The van der Waals surface area contributed by atoms with Crippen molar-refractivity contribution in [2.75, 3.05) is 18.8 Å². The number of halogens is 2. The Labute approximate surface area is 191 Å². The maximum atomic E-state index is 13.5. The molecule has 0 radical (unpaired) electrons. The van der Waals surface area contributed by atoms with Gasteiger partial charge in [-0.25, -0.2) is 17.2 Å². The van der Waals surface area contributed by atoms with Crippen LogP contribution < -0.4 is 5.32 Å². The predicted molar refractivity (Wildman–Crippen MR) is 122 cm³/mol. The lowest BCUT2D eigenvalue weighted by Gasteiger charge is -2.21. The summed E-state index contributed by atoms with van der Waals surface area (Å²) in [6.07, 6.45) is 1.43. The number of aliphatic imine (C=N–C) groups is 1. The summed E-state index contributed by atoms with van der Waals surface area (Å²) in [6, 6.07) is 9.02. The Bertz CT molecular complexity index is 1100. The van der Waals surface area contributed by atoms with Gasteiger partial charge in [-0.05, 0) is 54.8 Å². The zero-order chi connectivity index (χ0) is 23.3. The summed E-state index contributed by atoms with van der Waals surface area (Å²) in [7, 11) is -3.62. The topological polar surface area (TPSA) is 78.8 Å². The molecule has 0 aromatic heterocycles. The molecule has 172 valence electrons. The van der Waals surface area contributed by atoms with Crippen LogP contribution in [0.25, 0.3) is 0 Å². The molecule has 6 nitrogen and oxygen atoms in total. The van der Waals surface area contributed by atoms with Crippen molar-refractivity contribution in [1.29, 1.82) is 0 Å². The Morgan fingerprint density at radius 1 is 1.09 bits per heavy atom. The summed E-state index contributed by atoms with van der Waals surface area (Å²) in [4.78, 5) is 17.1. The highest BCUT2D eigenvalue weighted by atomic mass is 32.2. The van der Waals surface area contributed by atoms with Gasteiger partial charge in [0.15, 0.2) is 16.8 Å². The molecule has 1 heterocycles. The first-order valence-corrected chi connectivity index (χ1v) is 12.8. The third-order valence-electron chi connectivity index (χ3n) is 4.90. The van der Waals surface area contributed by atoms with Gasteiger partial charge in [0.1, 0.15) is 0 Å². The van der Waals surface area contributed by atoms with Crippen LogP contribution in [0.4, 0.5) is 8.78 Å². The first kappa shape index (κ1) is 24.3. The fourth-order valence-corrected chi connectivity index (χ4v) is 5.85. The number of nitrogens with zero attached hydrogens (tertiary/aromatic N) is 2. The zero-order valence-corrected chi connectivity index (χ0v) is 19.5. The van der Waals surface area contributed by atoms with Gasteiger partial charge >= 0.3 is 0 Å². The van der Waals surface area contributed by atoms with Crippen molar-refractivity contribution in [3.63, 3.8) is 0 Å². The molecule has 3 rings (SSSR count). The van der Waals surface area contributed by atoms with Crippen LogP contribution >= 0.6 is 11.8 Å². The van der Waals surface area contributed by atoms with Gasteiger partial charge in [-0.2, -0.15) is 4.31 Å². The summed E-state index contributed by atoms with van der Waals surface area (Å²) in [5.74, 6) is -1.80. The van der Waals surface area contributed by atoms with E-state index in [4.69, 9.17) is 0 Å². The monoisotopic (exact) mass is 481 g/mol. The third-order valence-corrected chi connectivity index (χ3v) is 7.78. The molecular weight excluding hydrogens is 456 g/mol. The van der Waals surface area contributed by atoms with Gasteiger partial charge in [-0.3, -0.25) is 9.79 Å². The number of thioether (sulfide) groups is 1. The largest absolute Gasteiger partial charge is 0.301 e. The molecule has 10 heteroatoms. The van der Waals surface area contributed by atoms with Crippen LogP contribution in [0.3, 0.4) is 0 Å². The Morgan fingerprint density at radius 2 is 1.75 bits per heavy atom. The maximum Gasteiger partial charge on any atom is 0.257 e. The molecule has 1 aliphatic rings. The van der Waals surface area contributed by atoms with Gasteiger partial charge in [-0.15, -0.1) is 0 Å². The highest BCUT2D eigenvalue weighted by molar-refractivity contribution is 8.14. The Hall–Kier alpha value is -2.30. The van der Waals surface area contributed by atoms with E-state index < -0.39 is 27.6 Å². The van der Waals surface area contributed by atoms with Crippen molar-refractivity contribution in [1.82, 2.24) is 9.62 Å². The number of nitrogens with one attached hydrogen (secondary N) is 1. The van der Waals surface area contributed by atoms with Crippen molar-refractivity contribution < 1.29 is 22.0 Å². The van der Waals surface area contributed by atoms with E-state index >= 15 is 0 Å². The summed E-state index contributed by atoms with van der Waals surface area (Å²) in [6.45, 7) is 4.72. The summed E-state index contributed by atoms with van der Waals surface area (Å²) >= 11 is 1.30. The molecule has 1 N–H and O–H groups in total. The maximum absolute atomic E-state index is 13.5. The molecule has 0 saturated carbocycles. The molecule has 0 bridgehead atoms. The minimum atomic E-state index is -3.62. The minimum absolute atomic E-state index is 0.141. The van der Waals surface area contributed by atoms with Crippen LogP contribution in [0, 0.1) is 11.6 Å². The number of amidine groups is 1. The van der Waals surface area contributed by atoms with E-state index in [2.05, 4.69) is 10.3 Å². The fourth-order valence-electron chi connectivity index (χ4n) is 3.28. The standard InChI is InChI=1S/C22H25F2N3O3S2/c1-3-11-27(12-4-2)32(29,30)17-8-5-15(6-9-17)21(28)26-22-25-20(14-31-22)16-7-10-18(23)19(24)13-16/h5-10,13,20H,3-4,11-12,14H2,1-2H3,(H,25,26,28). The molecule has 0 aliphatic carbocycles. The Balaban J connectivity index is 1.69. The van der Waals surface area contributed by atoms with Crippen molar-refractivity contribution in [2.45, 2.75) is 37.6 Å². The van der Waals surface area contributed by atoms with Crippen LogP contribution in [0.5, 0.6) is 0 Å². The van der Waals surface area contributed by atoms with Crippen LogP contribution in [0.1, 0.15) is 48.7 Å². The lowest BCUT2D eigenvalue weighted by atomic mass is 10.1. The molecular formula is C22H25F2N3O3S2. The van der Waals surface area contributed by atoms with Crippen molar-refractivity contribution in [2.24, 2.45) is 4.99 Å². The number of carbonyl (C=O) groups excluding carboxylic acids is 1. The minimum Gasteiger partial charge on any atom is -0.301 e. The first-order valence-electron chi connectivity index (χ1n) is 10.3. The van der Waals surface area contributed by atoms with Gasteiger partial charge in [0.05, 0.1) is 10.9 Å². The Kier molecular flexibility index (Phi) is 8.02. The number of rotatable bonds is 8. The normalized spacial score (nSPS) is 16.3. The average molecular weight is 482 g/mol. The van der Waals surface area contributed by atoms with E-state index in [0.29, 0.717) is 48.0 Å². The molecule has 1 amide bonds. The van der Waals surface area contributed by atoms with Crippen LogP contribution in [0.15, 0.2) is 52.4 Å². The van der Waals surface area contributed by atoms with Crippen molar-refractivity contribution in [3.8, 4) is 0 Å². The van der Waals surface area contributed by atoms with Crippen LogP contribution in [-0.2, 0) is 10.0 Å². The fraction of sp³-hybridized carbons (Fsp3) is 0.364. The van der Waals surface area contributed by atoms with E-state index in [1.807, 2.05) is 13.8 Å². The zero-order valence-electron chi connectivity index (χ0n) is 17.8. The molecule has 0 saturated heterocycles. The molecule has 1 atom stereocenters. The third kappa shape index (κ3) is 5.54. The molecule has 1 unspecified atom stereocenters. The predicted octanol–water partition coefficient (Wildman–Crippen LogP) is 4.35. The van der Waals surface area contributed by atoms with Gasteiger partial charge < -0.3 is 5.32 Å². The van der Waals surface area contributed by atoms with Crippen LogP contribution in [0.2, 0.25) is 0 Å². The highest BCUT2D eigenvalue weighted by Gasteiger charge is 2.25. The molecule has 2 aromatic rings. The number of hydrogen-bond donors (Lipinski definition) is 1. The van der Waals surface area contributed by atoms with Crippen molar-refractivity contribution in [3.05, 3.63) is 65.2 Å². The van der Waals surface area contributed by atoms with E-state index in [1.165, 1.54) is 46.4 Å². The van der Waals surface area contributed by atoms with Gasteiger partial charge in [-0.1, -0.05) is 31.7 Å². The van der Waals surface area contributed by atoms with Gasteiger partial charge in [0.2, 0.25) is 10.0 Å². The van der Waals surface area contributed by atoms with Gasteiger partial charge in [0, 0.05) is 24.4 Å². The van der Waals surface area contributed by atoms with E-state index in [1.54, 1.807) is 0 Å². The number of amides is 1. The lowest BCUT2D eigenvalue weighted by molar-refractivity contribution is 0.0978. The number of benzene rings is 2. The summed E-state index contributed by atoms with van der Waals surface area (Å²) in [5.41, 5.74) is 0.819. The average Bonchev–Trinajstić information content (AvgIpc) is 3.24. The van der Waals surface area contributed by atoms with E-state index in [9.17, 15) is 22.0 Å². The quantitative estimate of drug-likeness (QED) is 0.608. The lowest BCUT2D eigenvalue weighted by Crippen LogP contribution is -2.32. The number of carbonyl (C=O) groups is 1. The molecule has 0 fully saturated rings. The van der Waals surface area contributed by atoms with E-state index in [0.717, 1.165) is 12.1 Å². The highest BCUT2D eigenvalue weighted by Crippen LogP contribution is 2.30. The molecule has 2 aromatic carbocycles. The second-order valence-corrected chi connectivity index (χ2v) is 10.3. The summed E-state index contributed by atoms with van der Waals surface area (Å²) < 4.78 is 53.7. The number of sulfonamides is 1. The van der Waals surface area contributed by atoms with E-state index in [-0.39, 0.29) is 10.9 Å².